The fraction of sp³-hybridized carbons (Fsp3) is 0.389. The van der Waals surface area contributed by atoms with Crippen LogP contribution in [0.5, 0.6) is 0 Å². The lowest BCUT2D eigenvalue weighted by Gasteiger charge is -2.33. The zero-order valence-electron chi connectivity index (χ0n) is 13.4. The van der Waals surface area contributed by atoms with E-state index in [1.807, 2.05) is 6.07 Å². The Balaban J connectivity index is 1.57. The van der Waals surface area contributed by atoms with Gasteiger partial charge in [0, 0.05) is 30.0 Å². The molecule has 2 fully saturated rings. The van der Waals surface area contributed by atoms with Gasteiger partial charge in [-0.25, -0.2) is 0 Å². The highest BCUT2D eigenvalue weighted by atomic mass is 16.2. The number of nitrogens with zero attached hydrogens (tertiary/aromatic N) is 1. The molecule has 1 unspecified atom stereocenters. The van der Waals surface area contributed by atoms with E-state index in [9.17, 15) is 14.4 Å². The van der Waals surface area contributed by atoms with Crippen LogP contribution in [0.2, 0.25) is 0 Å². The Morgan fingerprint density at radius 2 is 2.04 bits per heavy atom. The van der Waals surface area contributed by atoms with Crippen LogP contribution in [0.4, 0.5) is 5.69 Å². The normalized spacial score (nSPS) is 25.7. The van der Waals surface area contributed by atoms with E-state index in [4.69, 9.17) is 0 Å². The molecule has 1 aromatic carbocycles. The third-order valence-electron chi connectivity index (χ3n) is 5.34. The molecule has 124 valence electrons. The van der Waals surface area contributed by atoms with Gasteiger partial charge in [-0.1, -0.05) is 12.6 Å². The van der Waals surface area contributed by atoms with Gasteiger partial charge in [0.25, 0.3) is 5.91 Å². The molecule has 1 aromatic rings. The number of likely N-dealkylation sites (tertiary alicyclic amines) is 1. The molecule has 4 rings (SSSR count). The highest BCUT2D eigenvalue weighted by Gasteiger charge is 2.48. The molecule has 6 heteroatoms. The maximum atomic E-state index is 12.9. The summed E-state index contributed by atoms with van der Waals surface area (Å²) in [7, 11) is 0. The maximum absolute atomic E-state index is 12.9. The van der Waals surface area contributed by atoms with Gasteiger partial charge in [-0.15, -0.1) is 0 Å². The lowest BCUT2D eigenvalue weighted by molar-refractivity contribution is -0.131. The molecule has 2 saturated heterocycles. The van der Waals surface area contributed by atoms with Crippen LogP contribution in [-0.4, -0.2) is 35.7 Å². The highest BCUT2D eigenvalue weighted by Crippen LogP contribution is 2.40. The predicted octanol–water partition coefficient (Wildman–Crippen LogP) is 1.44. The molecule has 3 aliphatic rings. The number of hydrogen-bond acceptors (Lipinski definition) is 3. The number of carbonyl (C=O) groups is 3. The number of carbonyl (C=O) groups excluding carboxylic acids is 3. The van der Waals surface area contributed by atoms with Crippen LogP contribution in [0, 0.1) is 5.41 Å². The molecule has 1 atom stereocenters. The first-order valence-electron chi connectivity index (χ1n) is 8.19. The molecule has 0 radical (unpaired) electrons. The number of hydrogen-bond donors (Lipinski definition) is 2. The van der Waals surface area contributed by atoms with Crippen LogP contribution < -0.4 is 10.6 Å². The number of anilines is 1. The Labute approximate surface area is 139 Å². The molecular formula is C18H19N3O3. The molecule has 0 saturated carbocycles. The summed E-state index contributed by atoms with van der Waals surface area (Å²) in [6.45, 7) is 4.80. The number of amides is 3. The summed E-state index contributed by atoms with van der Waals surface area (Å²) in [6, 6.07) is 5.35. The molecule has 0 aliphatic carbocycles. The minimum atomic E-state index is -0.497. The van der Waals surface area contributed by atoms with Crippen molar-refractivity contribution in [1.82, 2.24) is 10.2 Å². The van der Waals surface area contributed by atoms with Crippen molar-refractivity contribution < 1.29 is 14.4 Å². The minimum Gasteiger partial charge on any atom is -0.338 e. The Kier molecular flexibility index (Phi) is 3.23. The molecule has 2 N–H and O–H groups in total. The Morgan fingerprint density at radius 3 is 2.83 bits per heavy atom. The first-order valence-corrected chi connectivity index (χ1v) is 8.19. The highest BCUT2D eigenvalue weighted by molar-refractivity contribution is 6.06. The first kappa shape index (κ1) is 14.9. The van der Waals surface area contributed by atoms with Gasteiger partial charge in [-0.3, -0.25) is 14.4 Å². The van der Waals surface area contributed by atoms with Crippen LogP contribution in [0.3, 0.4) is 0 Å². The third-order valence-corrected chi connectivity index (χ3v) is 5.34. The van der Waals surface area contributed by atoms with E-state index in [0.717, 1.165) is 24.1 Å². The van der Waals surface area contributed by atoms with Gasteiger partial charge in [-0.2, -0.15) is 0 Å². The third kappa shape index (κ3) is 2.21. The number of benzene rings is 1. The van der Waals surface area contributed by atoms with E-state index in [1.54, 1.807) is 17.0 Å². The fourth-order valence-corrected chi connectivity index (χ4v) is 3.91. The van der Waals surface area contributed by atoms with Crippen molar-refractivity contribution in [2.45, 2.75) is 25.7 Å². The van der Waals surface area contributed by atoms with E-state index in [0.29, 0.717) is 30.8 Å². The van der Waals surface area contributed by atoms with Gasteiger partial charge >= 0.3 is 0 Å². The largest absolute Gasteiger partial charge is 0.338 e. The fourth-order valence-electron chi connectivity index (χ4n) is 3.91. The van der Waals surface area contributed by atoms with Gasteiger partial charge in [0.1, 0.15) is 0 Å². The molecule has 3 heterocycles. The second-order valence-electron chi connectivity index (χ2n) is 6.87. The second kappa shape index (κ2) is 5.19. The van der Waals surface area contributed by atoms with Crippen LogP contribution in [0.25, 0.3) is 0 Å². The van der Waals surface area contributed by atoms with Gasteiger partial charge in [0.15, 0.2) is 0 Å². The van der Waals surface area contributed by atoms with E-state index in [2.05, 4.69) is 17.2 Å². The summed E-state index contributed by atoms with van der Waals surface area (Å²) in [4.78, 5) is 38.7. The number of nitrogens with one attached hydrogen (secondary N) is 2. The average Bonchev–Trinajstić information content (AvgIpc) is 3.14. The van der Waals surface area contributed by atoms with Crippen molar-refractivity contribution in [2.75, 3.05) is 18.4 Å². The van der Waals surface area contributed by atoms with Crippen LogP contribution in [-0.2, 0) is 16.0 Å². The maximum Gasteiger partial charge on any atom is 0.254 e. The Hall–Kier alpha value is -2.63. The van der Waals surface area contributed by atoms with Gasteiger partial charge in [-0.05, 0) is 37.0 Å². The van der Waals surface area contributed by atoms with Crippen molar-refractivity contribution in [3.8, 4) is 0 Å². The second-order valence-corrected chi connectivity index (χ2v) is 6.87. The molecule has 24 heavy (non-hydrogen) atoms. The van der Waals surface area contributed by atoms with Gasteiger partial charge in [0.05, 0.1) is 11.8 Å². The van der Waals surface area contributed by atoms with E-state index in [-0.39, 0.29) is 24.1 Å². The van der Waals surface area contributed by atoms with Crippen molar-refractivity contribution in [3.63, 3.8) is 0 Å². The summed E-state index contributed by atoms with van der Waals surface area (Å²) < 4.78 is 0. The number of piperidine rings is 1. The van der Waals surface area contributed by atoms with Crippen LogP contribution >= 0.6 is 0 Å². The molecule has 1 spiro atoms. The topological polar surface area (TPSA) is 78.5 Å². The van der Waals surface area contributed by atoms with E-state index >= 15 is 0 Å². The molecule has 6 nitrogen and oxygen atoms in total. The van der Waals surface area contributed by atoms with Crippen LogP contribution in [0.15, 0.2) is 30.5 Å². The van der Waals surface area contributed by atoms with Gasteiger partial charge in [0.2, 0.25) is 11.8 Å². The van der Waals surface area contributed by atoms with Gasteiger partial charge < -0.3 is 15.5 Å². The summed E-state index contributed by atoms with van der Waals surface area (Å²) in [5.74, 6) is -0.213. The smallest absolute Gasteiger partial charge is 0.254 e. The average molecular weight is 325 g/mol. The quantitative estimate of drug-likeness (QED) is 0.820. The van der Waals surface area contributed by atoms with Crippen molar-refractivity contribution in [2.24, 2.45) is 5.41 Å². The van der Waals surface area contributed by atoms with E-state index in [1.165, 1.54) is 0 Å². The molecule has 3 aliphatic heterocycles. The summed E-state index contributed by atoms with van der Waals surface area (Å²) in [6.07, 6.45) is 2.39. The predicted molar refractivity (Wildman–Crippen MR) is 88.2 cm³/mol. The minimum absolute atomic E-state index is 0.0239. The Morgan fingerprint density at radius 1 is 1.21 bits per heavy atom. The van der Waals surface area contributed by atoms with Crippen molar-refractivity contribution in [1.29, 1.82) is 0 Å². The Bertz CT molecular complexity index is 786. The SMILES string of the molecule is C=C1CCC2(CCN(C(=O)c3cccc4c3CC(=O)N4)C2)C(=O)N1. The number of rotatable bonds is 1. The monoisotopic (exact) mass is 325 g/mol. The number of fused-ring (bicyclic) bond motifs is 1. The molecular weight excluding hydrogens is 306 g/mol. The number of allylic oxidation sites excluding steroid dienone is 1. The first-order chi connectivity index (χ1) is 11.5. The van der Waals surface area contributed by atoms with Crippen molar-refractivity contribution >= 4 is 23.4 Å². The molecule has 0 aromatic heterocycles. The summed E-state index contributed by atoms with van der Waals surface area (Å²) in [5.41, 5.74) is 2.29. The molecule has 0 bridgehead atoms. The van der Waals surface area contributed by atoms with Crippen molar-refractivity contribution in [3.05, 3.63) is 41.6 Å². The summed E-state index contributed by atoms with van der Waals surface area (Å²) in [5, 5.41) is 5.60. The van der Waals surface area contributed by atoms with E-state index < -0.39 is 5.41 Å². The summed E-state index contributed by atoms with van der Waals surface area (Å²) >= 11 is 0. The lowest BCUT2D eigenvalue weighted by Crippen LogP contribution is -2.46. The zero-order valence-corrected chi connectivity index (χ0v) is 13.4. The van der Waals surface area contributed by atoms with Crippen LogP contribution in [0.1, 0.15) is 35.2 Å². The standard InChI is InChI=1S/C18H19N3O3/c1-11-5-6-18(17(24)19-11)7-8-21(10-18)16(23)12-3-2-4-14-13(12)9-15(22)20-14/h2-4H,1,5-10H2,(H,19,24)(H,20,22). The molecule has 3 amide bonds. The lowest BCUT2D eigenvalue weighted by atomic mass is 9.78. The zero-order chi connectivity index (χ0) is 16.9.